The maximum atomic E-state index is 12.5. The van der Waals surface area contributed by atoms with E-state index >= 15 is 0 Å². The summed E-state index contributed by atoms with van der Waals surface area (Å²) in [5.41, 5.74) is 2.13. The molecule has 0 saturated heterocycles. The van der Waals surface area contributed by atoms with E-state index in [0.29, 0.717) is 5.56 Å². The van der Waals surface area contributed by atoms with Crippen LogP contribution in [0.1, 0.15) is 15.9 Å². The van der Waals surface area contributed by atoms with Gasteiger partial charge in [-0.2, -0.15) is 0 Å². The number of esters is 1. The summed E-state index contributed by atoms with van der Waals surface area (Å²) >= 11 is 0. The predicted octanol–water partition coefficient (Wildman–Crippen LogP) is 3.17. The molecule has 0 atom stereocenters. The number of benzene rings is 1. The summed E-state index contributed by atoms with van der Waals surface area (Å²) in [6, 6.07) is 12.8. The van der Waals surface area contributed by atoms with E-state index in [1.807, 2.05) is 24.3 Å². The summed E-state index contributed by atoms with van der Waals surface area (Å²) < 4.78 is 7.27. The zero-order chi connectivity index (χ0) is 17.1. The van der Waals surface area contributed by atoms with Crippen molar-refractivity contribution in [3.8, 4) is 5.82 Å². The molecule has 0 aliphatic carbocycles. The lowest BCUT2D eigenvalue weighted by molar-refractivity contribution is 0.0475. The average Bonchev–Trinajstić information content (AvgIpc) is 3.21. The Labute approximate surface area is 143 Å². The van der Waals surface area contributed by atoms with Gasteiger partial charge in [-0.1, -0.05) is 12.1 Å². The normalized spacial score (nSPS) is 10.7. The standard InChI is InChI=1S/C19H14N4O2/c24-19(16-3-1-5-17-15(16)4-2-7-21-17)25-12-14-6-8-22-18(11-14)23-10-9-20-13-23/h1-11,13H,12H2. The van der Waals surface area contributed by atoms with Crippen molar-refractivity contribution in [3.05, 3.63) is 84.7 Å². The molecule has 0 saturated carbocycles. The number of pyridine rings is 2. The highest BCUT2D eigenvalue weighted by Crippen LogP contribution is 2.18. The summed E-state index contributed by atoms with van der Waals surface area (Å²) in [4.78, 5) is 25.0. The molecular formula is C19H14N4O2. The number of hydrogen-bond acceptors (Lipinski definition) is 5. The van der Waals surface area contributed by atoms with Crippen LogP contribution in [0.3, 0.4) is 0 Å². The third-order valence-electron chi connectivity index (χ3n) is 3.81. The second kappa shape index (κ2) is 6.52. The maximum Gasteiger partial charge on any atom is 0.339 e. The molecule has 0 bridgehead atoms. The molecule has 4 rings (SSSR count). The SMILES string of the molecule is O=C(OCc1ccnc(-n2ccnc2)c1)c1cccc2ncccc12. The van der Waals surface area contributed by atoms with E-state index in [0.717, 1.165) is 22.3 Å². The van der Waals surface area contributed by atoms with Crippen LogP contribution in [0.25, 0.3) is 16.7 Å². The molecule has 6 nitrogen and oxygen atoms in total. The van der Waals surface area contributed by atoms with Gasteiger partial charge < -0.3 is 4.74 Å². The smallest absolute Gasteiger partial charge is 0.339 e. The Hall–Kier alpha value is -3.54. The monoisotopic (exact) mass is 330 g/mol. The minimum absolute atomic E-state index is 0.166. The Morgan fingerprint density at radius 2 is 2.00 bits per heavy atom. The highest BCUT2D eigenvalue weighted by Gasteiger charge is 2.12. The Morgan fingerprint density at radius 3 is 2.88 bits per heavy atom. The van der Waals surface area contributed by atoms with Gasteiger partial charge in [0.15, 0.2) is 0 Å². The molecule has 0 amide bonds. The van der Waals surface area contributed by atoms with Gasteiger partial charge in [0.05, 0.1) is 11.1 Å². The second-order valence-corrected chi connectivity index (χ2v) is 5.44. The number of carbonyl (C=O) groups excluding carboxylic acids is 1. The van der Waals surface area contributed by atoms with Crippen molar-refractivity contribution < 1.29 is 9.53 Å². The van der Waals surface area contributed by atoms with E-state index in [9.17, 15) is 4.79 Å². The molecular weight excluding hydrogens is 316 g/mol. The van der Waals surface area contributed by atoms with E-state index in [1.54, 1.807) is 53.9 Å². The Balaban J connectivity index is 1.53. The maximum absolute atomic E-state index is 12.5. The van der Waals surface area contributed by atoms with Crippen LogP contribution in [0.4, 0.5) is 0 Å². The van der Waals surface area contributed by atoms with Crippen LogP contribution in [0.2, 0.25) is 0 Å². The van der Waals surface area contributed by atoms with Gasteiger partial charge in [0.1, 0.15) is 18.8 Å². The highest BCUT2D eigenvalue weighted by molar-refractivity contribution is 6.03. The van der Waals surface area contributed by atoms with Crippen molar-refractivity contribution in [3.63, 3.8) is 0 Å². The van der Waals surface area contributed by atoms with Gasteiger partial charge in [-0.3, -0.25) is 9.55 Å². The van der Waals surface area contributed by atoms with Gasteiger partial charge >= 0.3 is 5.97 Å². The fourth-order valence-corrected chi connectivity index (χ4v) is 2.59. The first-order valence-corrected chi connectivity index (χ1v) is 7.75. The van der Waals surface area contributed by atoms with Gasteiger partial charge in [-0.05, 0) is 35.9 Å². The van der Waals surface area contributed by atoms with E-state index in [2.05, 4.69) is 15.0 Å². The van der Waals surface area contributed by atoms with Crippen LogP contribution < -0.4 is 0 Å². The zero-order valence-electron chi connectivity index (χ0n) is 13.2. The highest BCUT2D eigenvalue weighted by atomic mass is 16.5. The molecule has 0 radical (unpaired) electrons. The number of nitrogens with zero attached hydrogens (tertiary/aromatic N) is 4. The van der Waals surface area contributed by atoms with E-state index in [1.165, 1.54) is 0 Å². The van der Waals surface area contributed by atoms with Crippen molar-refractivity contribution in [1.82, 2.24) is 19.5 Å². The van der Waals surface area contributed by atoms with Crippen LogP contribution >= 0.6 is 0 Å². The lowest BCUT2D eigenvalue weighted by atomic mass is 10.1. The molecule has 25 heavy (non-hydrogen) atoms. The lowest BCUT2D eigenvalue weighted by Gasteiger charge is -2.08. The van der Waals surface area contributed by atoms with Crippen LogP contribution in [0, 0.1) is 0 Å². The fraction of sp³-hybridized carbons (Fsp3) is 0.0526. The first-order valence-electron chi connectivity index (χ1n) is 7.75. The molecule has 3 aromatic heterocycles. The molecule has 0 aliphatic heterocycles. The Kier molecular flexibility index (Phi) is 3.92. The summed E-state index contributed by atoms with van der Waals surface area (Å²) in [5, 5.41) is 0.781. The number of imidazole rings is 1. The van der Waals surface area contributed by atoms with Gasteiger partial charge in [-0.15, -0.1) is 0 Å². The summed E-state index contributed by atoms with van der Waals surface area (Å²) in [6.45, 7) is 0.166. The van der Waals surface area contributed by atoms with Gasteiger partial charge in [0, 0.05) is 30.2 Å². The third kappa shape index (κ3) is 3.10. The average molecular weight is 330 g/mol. The Bertz CT molecular complexity index is 1020. The predicted molar refractivity (Wildman–Crippen MR) is 92.2 cm³/mol. The van der Waals surface area contributed by atoms with Crippen molar-refractivity contribution in [2.24, 2.45) is 0 Å². The number of hydrogen-bond donors (Lipinski definition) is 0. The molecule has 0 aliphatic rings. The minimum atomic E-state index is -0.375. The number of ether oxygens (including phenoxy) is 1. The zero-order valence-corrected chi connectivity index (χ0v) is 13.2. The molecule has 0 N–H and O–H groups in total. The Morgan fingerprint density at radius 1 is 1.04 bits per heavy atom. The largest absolute Gasteiger partial charge is 0.457 e. The molecule has 122 valence electrons. The van der Waals surface area contributed by atoms with Crippen molar-refractivity contribution >= 4 is 16.9 Å². The van der Waals surface area contributed by atoms with Gasteiger partial charge in [-0.25, -0.2) is 14.8 Å². The van der Waals surface area contributed by atoms with Crippen molar-refractivity contribution in [2.45, 2.75) is 6.61 Å². The number of aromatic nitrogens is 4. The van der Waals surface area contributed by atoms with Crippen LogP contribution in [0.5, 0.6) is 0 Å². The van der Waals surface area contributed by atoms with E-state index < -0.39 is 0 Å². The molecule has 0 fully saturated rings. The molecule has 0 spiro atoms. The van der Waals surface area contributed by atoms with Crippen molar-refractivity contribution in [2.75, 3.05) is 0 Å². The topological polar surface area (TPSA) is 69.9 Å². The van der Waals surface area contributed by atoms with Crippen LogP contribution in [0.15, 0.2) is 73.6 Å². The molecule has 3 heterocycles. The van der Waals surface area contributed by atoms with E-state index in [4.69, 9.17) is 4.74 Å². The van der Waals surface area contributed by atoms with Gasteiger partial charge in [0.2, 0.25) is 0 Å². The summed E-state index contributed by atoms with van der Waals surface area (Å²) in [5.74, 6) is 0.347. The van der Waals surface area contributed by atoms with Crippen LogP contribution in [-0.4, -0.2) is 25.5 Å². The number of carbonyl (C=O) groups is 1. The second-order valence-electron chi connectivity index (χ2n) is 5.44. The summed E-state index contributed by atoms with van der Waals surface area (Å²) in [6.07, 6.45) is 8.54. The van der Waals surface area contributed by atoms with Gasteiger partial charge in [0.25, 0.3) is 0 Å². The quantitative estimate of drug-likeness (QED) is 0.538. The van der Waals surface area contributed by atoms with Crippen LogP contribution in [-0.2, 0) is 11.3 Å². The molecule has 0 unspecified atom stereocenters. The molecule has 4 aromatic rings. The molecule has 6 heteroatoms. The van der Waals surface area contributed by atoms with E-state index in [-0.39, 0.29) is 12.6 Å². The number of fused-ring (bicyclic) bond motifs is 1. The fourth-order valence-electron chi connectivity index (χ4n) is 2.59. The van der Waals surface area contributed by atoms with Crippen molar-refractivity contribution in [1.29, 1.82) is 0 Å². The summed E-state index contributed by atoms with van der Waals surface area (Å²) in [7, 11) is 0. The first-order chi connectivity index (χ1) is 12.3. The minimum Gasteiger partial charge on any atom is -0.457 e. The molecule has 1 aromatic carbocycles. The third-order valence-corrected chi connectivity index (χ3v) is 3.81. The first kappa shape index (κ1) is 15.0. The lowest BCUT2D eigenvalue weighted by Crippen LogP contribution is -2.06. The number of rotatable bonds is 4.